The van der Waals surface area contributed by atoms with Gasteiger partial charge in [-0.25, -0.2) is 0 Å². The van der Waals surface area contributed by atoms with Crippen LogP contribution < -0.4 is 26.6 Å². The number of nitrogens with one attached hydrogen (secondary N) is 5. The molecule has 0 aromatic carbocycles. The number of likely N-dealkylation sites (tertiary alicyclic amines) is 1. The molecule has 0 unspecified atom stereocenters. The van der Waals surface area contributed by atoms with E-state index in [9.17, 15) is 33.6 Å². The highest BCUT2D eigenvalue weighted by Crippen LogP contribution is 2.41. The van der Waals surface area contributed by atoms with Crippen LogP contribution in [0.25, 0.3) is 0 Å². The average molecular weight is 729 g/mol. The third-order valence-corrected chi connectivity index (χ3v) is 11.3. The smallest absolute Gasteiger partial charge is 0.309 e. The topological polar surface area (TPSA) is 183 Å². The van der Waals surface area contributed by atoms with Crippen molar-refractivity contribution in [1.29, 1.82) is 0 Å². The summed E-state index contributed by atoms with van der Waals surface area (Å²) in [4.78, 5) is 95.9. The third-order valence-electron chi connectivity index (χ3n) is 11.3. The number of carbonyl (C=O) groups is 7. The maximum Gasteiger partial charge on any atom is 0.309 e. The lowest BCUT2D eigenvalue weighted by Gasteiger charge is -2.40. The van der Waals surface area contributed by atoms with E-state index in [-0.39, 0.29) is 48.2 Å². The van der Waals surface area contributed by atoms with Crippen molar-refractivity contribution in [2.24, 2.45) is 29.1 Å². The van der Waals surface area contributed by atoms with Crippen LogP contribution in [0.4, 0.5) is 0 Å². The summed E-state index contributed by atoms with van der Waals surface area (Å²) < 4.78 is 0. The Hall–Kier alpha value is -3.51. The van der Waals surface area contributed by atoms with Gasteiger partial charge in [-0.05, 0) is 74.5 Å². The second-order valence-electron chi connectivity index (χ2n) is 17.2. The Bertz CT molecular complexity index is 1320. The number of rotatable bonds is 15. The Kier molecular flexibility index (Phi) is 14.7. The molecule has 5 N–H and O–H groups in total. The van der Waals surface area contributed by atoms with Gasteiger partial charge in [0, 0.05) is 31.1 Å². The van der Waals surface area contributed by atoms with Gasteiger partial charge in [-0.3, -0.25) is 33.6 Å². The van der Waals surface area contributed by atoms with Crippen LogP contribution in [-0.2, 0) is 33.6 Å². The molecule has 6 atom stereocenters. The van der Waals surface area contributed by atoms with Crippen LogP contribution in [0.15, 0.2) is 0 Å². The molecule has 4 aliphatic rings. The van der Waals surface area contributed by atoms with Crippen LogP contribution >= 0.6 is 0 Å². The standard InChI is InChI=1S/C39H64N6O7/c1-7-13-26(31(46)35(49)42-27-18-19-27)22-41-33(47)29-20-25-16-11-12-17-28(25)45(29)38(52)32(39(4,5)6)44-34(48)30(24-14-9-8-10-15-24)43-37(51)36(50)40-21-23(2)3/h23-30,32H,7-22H2,1-6H3,(H,40,50)(H,41,47)(H,42,49)(H,43,51)(H,44,48)/t25-,26+,28-,29-,30-,32+/m0/s1. The molecular formula is C39H64N6O7. The zero-order chi connectivity index (χ0) is 38.2. The zero-order valence-corrected chi connectivity index (χ0v) is 32.3. The number of fused-ring (bicyclic) bond motifs is 1. The minimum Gasteiger partial charge on any atom is -0.354 e. The number of hydrogen-bond acceptors (Lipinski definition) is 7. The molecule has 0 spiro atoms. The Morgan fingerprint density at radius 1 is 0.750 bits per heavy atom. The van der Waals surface area contributed by atoms with Crippen molar-refractivity contribution in [3.63, 3.8) is 0 Å². The fourth-order valence-corrected chi connectivity index (χ4v) is 8.18. The van der Waals surface area contributed by atoms with Crippen LogP contribution in [0.3, 0.4) is 0 Å². The van der Waals surface area contributed by atoms with Crippen LogP contribution in [-0.4, -0.2) is 89.4 Å². The second-order valence-corrected chi connectivity index (χ2v) is 17.2. The fraction of sp³-hybridized carbons (Fsp3) is 0.821. The van der Waals surface area contributed by atoms with E-state index in [0.717, 1.165) is 57.8 Å². The predicted molar refractivity (Wildman–Crippen MR) is 196 cm³/mol. The molecule has 0 radical (unpaired) electrons. The molecule has 4 rings (SSSR count). The van der Waals surface area contributed by atoms with Crippen molar-refractivity contribution in [2.45, 2.75) is 162 Å². The minimum atomic E-state index is -1.02. The lowest BCUT2D eigenvalue weighted by atomic mass is 9.81. The second kappa shape index (κ2) is 18.5. The Morgan fingerprint density at radius 2 is 1.40 bits per heavy atom. The van der Waals surface area contributed by atoms with Gasteiger partial charge in [-0.2, -0.15) is 0 Å². The first-order valence-electron chi connectivity index (χ1n) is 20.0. The molecule has 52 heavy (non-hydrogen) atoms. The molecular weight excluding hydrogens is 664 g/mol. The van der Waals surface area contributed by atoms with E-state index in [1.54, 1.807) is 4.90 Å². The summed E-state index contributed by atoms with van der Waals surface area (Å²) in [7, 11) is 0. The van der Waals surface area contributed by atoms with Crippen molar-refractivity contribution < 1.29 is 33.6 Å². The van der Waals surface area contributed by atoms with Crippen molar-refractivity contribution in [3.8, 4) is 0 Å². The third kappa shape index (κ3) is 11.0. The molecule has 0 aromatic rings. The number of Topliss-reactive ketones (excluding diaryl/α,β-unsaturated/α-hetero) is 1. The van der Waals surface area contributed by atoms with Crippen molar-refractivity contribution in [1.82, 2.24) is 31.5 Å². The lowest BCUT2D eigenvalue weighted by molar-refractivity contribution is -0.147. The molecule has 3 saturated carbocycles. The quantitative estimate of drug-likeness (QED) is 0.161. The summed E-state index contributed by atoms with van der Waals surface area (Å²) in [5.41, 5.74) is -0.760. The largest absolute Gasteiger partial charge is 0.354 e. The van der Waals surface area contributed by atoms with Crippen LogP contribution in [0.5, 0.6) is 0 Å². The van der Waals surface area contributed by atoms with Crippen molar-refractivity contribution >= 4 is 41.2 Å². The molecule has 1 heterocycles. The highest BCUT2D eigenvalue weighted by atomic mass is 16.2. The van der Waals surface area contributed by atoms with E-state index >= 15 is 0 Å². The van der Waals surface area contributed by atoms with Crippen molar-refractivity contribution in [2.75, 3.05) is 13.1 Å². The number of amides is 6. The summed E-state index contributed by atoms with van der Waals surface area (Å²) in [6.45, 7) is 11.7. The predicted octanol–water partition coefficient (Wildman–Crippen LogP) is 2.89. The van der Waals surface area contributed by atoms with E-state index in [4.69, 9.17) is 0 Å². The summed E-state index contributed by atoms with van der Waals surface area (Å²) >= 11 is 0. The summed E-state index contributed by atoms with van der Waals surface area (Å²) in [5, 5.41) is 14.0. The van der Waals surface area contributed by atoms with Gasteiger partial charge < -0.3 is 31.5 Å². The Labute approximate surface area is 309 Å². The van der Waals surface area contributed by atoms with Gasteiger partial charge in [0.25, 0.3) is 5.91 Å². The summed E-state index contributed by atoms with van der Waals surface area (Å²) in [5.74, 6) is -4.64. The van der Waals surface area contributed by atoms with Gasteiger partial charge in [-0.15, -0.1) is 0 Å². The fourth-order valence-electron chi connectivity index (χ4n) is 8.18. The maximum absolute atomic E-state index is 14.8. The van der Waals surface area contributed by atoms with E-state index in [1.165, 1.54) is 0 Å². The van der Waals surface area contributed by atoms with Gasteiger partial charge in [0.1, 0.15) is 18.1 Å². The minimum absolute atomic E-state index is 0.00437. The number of nitrogens with zero attached hydrogens (tertiary/aromatic N) is 1. The normalized spacial score (nSPS) is 23.8. The number of hydrogen-bond donors (Lipinski definition) is 5. The highest BCUT2D eigenvalue weighted by Gasteiger charge is 2.51. The average Bonchev–Trinajstić information content (AvgIpc) is 3.84. The van der Waals surface area contributed by atoms with E-state index in [0.29, 0.717) is 38.6 Å². The van der Waals surface area contributed by atoms with E-state index in [2.05, 4.69) is 26.6 Å². The molecule has 0 bridgehead atoms. The SMILES string of the molecule is CCC[C@H](CNC(=O)[C@@H]1C[C@@H]2CCCC[C@@H]2N1C(=O)[C@@H](NC(=O)[C@@H](NC(=O)C(=O)NCC(C)C)C1CCCCC1)C(C)(C)C)C(=O)C(=O)NC1CC1. The Morgan fingerprint density at radius 3 is 2.02 bits per heavy atom. The van der Waals surface area contributed by atoms with E-state index < -0.39 is 58.9 Å². The van der Waals surface area contributed by atoms with Gasteiger partial charge in [0.2, 0.25) is 23.5 Å². The molecule has 1 saturated heterocycles. The van der Waals surface area contributed by atoms with Crippen LogP contribution in [0.1, 0.15) is 131 Å². The molecule has 1 aliphatic heterocycles. The molecule has 0 aromatic heterocycles. The van der Waals surface area contributed by atoms with E-state index in [1.807, 2.05) is 41.5 Å². The monoisotopic (exact) mass is 728 g/mol. The van der Waals surface area contributed by atoms with Gasteiger partial charge >= 0.3 is 11.8 Å². The molecule has 13 nitrogen and oxygen atoms in total. The summed E-state index contributed by atoms with van der Waals surface area (Å²) in [6, 6.07) is -2.93. The van der Waals surface area contributed by atoms with Crippen LogP contribution in [0, 0.1) is 29.1 Å². The first-order valence-corrected chi connectivity index (χ1v) is 20.0. The zero-order valence-electron chi connectivity index (χ0n) is 32.3. The van der Waals surface area contributed by atoms with Crippen LogP contribution in [0.2, 0.25) is 0 Å². The lowest BCUT2D eigenvalue weighted by Crippen LogP contribution is -2.63. The molecule has 292 valence electrons. The summed E-state index contributed by atoms with van der Waals surface area (Å²) in [6.07, 6.45) is 11.1. The number of ketones is 1. The Balaban J connectivity index is 1.53. The highest BCUT2D eigenvalue weighted by molar-refractivity contribution is 6.37. The molecule has 6 amide bonds. The first-order chi connectivity index (χ1) is 24.6. The maximum atomic E-state index is 14.8. The van der Waals surface area contributed by atoms with Gasteiger partial charge in [-0.1, -0.05) is 80.1 Å². The molecule has 4 fully saturated rings. The van der Waals surface area contributed by atoms with Crippen molar-refractivity contribution in [3.05, 3.63) is 0 Å². The molecule has 13 heteroatoms. The molecule has 3 aliphatic carbocycles. The number of carbonyl (C=O) groups excluding carboxylic acids is 7. The van der Waals surface area contributed by atoms with Gasteiger partial charge in [0.05, 0.1) is 0 Å². The van der Waals surface area contributed by atoms with Gasteiger partial charge in [0.15, 0.2) is 0 Å². The first kappa shape index (κ1) is 41.2.